The molecule has 2 rings (SSSR count). The number of nitrogens with one attached hydrogen (secondary N) is 2. The van der Waals surface area contributed by atoms with Crippen molar-refractivity contribution in [2.24, 2.45) is 11.8 Å². The van der Waals surface area contributed by atoms with Gasteiger partial charge >= 0.3 is 6.03 Å². The Labute approximate surface area is 139 Å². The molecule has 0 unspecified atom stereocenters. The molecule has 0 spiro atoms. The van der Waals surface area contributed by atoms with E-state index in [9.17, 15) is 9.59 Å². The maximum absolute atomic E-state index is 12.0. The standard InChI is InChI=1S/C18H31N3O2/c1-14-10-15(2)12-21(11-14)13-17(22)20-18(23)19-9-8-16-6-4-3-5-7-16/h6,14-15H,3-5,7-13H2,1-2H3,(H2,19,20,22,23)/t14-,15+. The number of piperidine rings is 1. The second kappa shape index (κ2) is 9.06. The maximum Gasteiger partial charge on any atom is 0.321 e. The van der Waals surface area contributed by atoms with Crippen LogP contribution in [0.4, 0.5) is 4.79 Å². The van der Waals surface area contributed by atoms with Crippen molar-refractivity contribution >= 4 is 11.9 Å². The number of carbonyl (C=O) groups is 2. The first kappa shape index (κ1) is 18.0. The van der Waals surface area contributed by atoms with Crippen molar-refractivity contribution in [3.05, 3.63) is 11.6 Å². The zero-order valence-electron chi connectivity index (χ0n) is 14.6. The molecule has 0 aromatic rings. The van der Waals surface area contributed by atoms with E-state index < -0.39 is 0 Å². The number of carbonyl (C=O) groups excluding carboxylic acids is 2. The lowest BCUT2D eigenvalue weighted by Gasteiger charge is -2.34. The summed E-state index contributed by atoms with van der Waals surface area (Å²) in [5, 5.41) is 5.23. The number of rotatable bonds is 5. The number of likely N-dealkylation sites (tertiary alicyclic amines) is 1. The fourth-order valence-corrected chi connectivity index (χ4v) is 3.80. The lowest BCUT2D eigenvalue weighted by atomic mass is 9.92. The van der Waals surface area contributed by atoms with Crippen LogP contribution in [-0.2, 0) is 4.79 Å². The maximum atomic E-state index is 12.0. The lowest BCUT2D eigenvalue weighted by Crippen LogP contribution is -2.48. The van der Waals surface area contributed by atoms with Gasteiger partial charge in [-0.2, -0.15) is 0 Å². The van der Waals surface area contributed by atoms with Gasteiger partial charge in [-0.15, -0.1) is 0 Å². The normalized spacial score (nSPS) is 25.6. The van der Waals surface area contributed by atoms with Crippen molar-refractivity contribution in [1.82, 2.24) is 15.5 Å². The highest BCUT2D eigenvalue weighted by Gasteiger charge is 2.23. The summed E-state index contributed by atoms with van der Waals surface area (Å²) in [5.41, 5.74) is 1.43. The third-order valence-electron chi connectivity index (χ3n) is 4.68. The van der Waals surface area contributed by atoms with E-state index in [-0.39, 0.29) is 11.9 Å². The van der Waals surface area contributed by atoms with E-state index in [1.165, 1.54) is 24.8 Å². The fourth-order valence-electron chi connectivity index (χ4n) is 3.80. The number of hydrogen-bond donors (Lipinski definition) is 2. The average Bonchev–Trinajstić information content (AvgIpc) is 2.47. The second-order valence-corrected chi connectivity index (χ2v) is 7.30. The molecular formula is C18H31N3O2. The molecule has 5 heteroatoms. The minimum absolute atomic E-state index is 0.208. The van der Waals surface area contributed by atoms with Crippen LogP contribution >= 0.6 is 0 Å². The average molecular weight is 321 g/mol. The van der Waals surface area contributed by atoms with Gasteiger partial charge in [0.1, 0.15) is 0 Å². The minimum Gasteiger partial charge on any atom is -0.337 e. The first-order valence-electron chi connectivity index (χ1n) is 9.01. The molecule has 1 heterocycles. The molecule has 0 saturated carbocycles. The van der Waals surface area contributed by atoms with E-state index in [2.05, 4.69) is 35.5 Å². The van der Waals surface area contributed by atoms with E-state index in [4.69, 9.17) is 0 Å². The monoisotopic (exact) mass is 321 g/mol. The van der Waals surface area contributed by atoms with Crippen molar-refractivity contribution in [2.45, 2.75) is 52.4 Å². The van der Waals surface area contributed by atoms with Crippen molar-refractivity contribution in [2.75, 3.05) is 26.2 Å². The molecule has 0 aromatic heterocycles. The Bertz CT molecular complexity index is 438. The Morgan fingerprint density at radius 3 is 2.61 bits per heavy atom. The van der Waals surface area contributed by atoms with E-state index >= 15 is 0 Å². The van der Waals surface area contributed by atoms with E-state index in [0.29, 0.717) is 24.9 Å². The number of allylic oxidation sites excluding steroid dienone is 1. The van der Waals surface area contributed by atoms with Gasteiger partial charge in [0.25, 0.3) is 0 Å². The number of nitrogens with zero attached hydrogens (tertiary/aromatic N) is 1. The predicted octanol–water partition coefficient (Wildman–Crippen LogP) is 2.68. The van der Waals surface area contributed by atoms with Gasteiger partial charge in [-0.25, -0.2) is 4.79 Å². The van der Waals surface area contributed by atoms with Gasteiger partial charge in [-0.1, -0.05) is 25.5 Å². The molecule has 130 valence electrons. The topological polar surface area (TPSA) is 61.4 Å². The van der Waals surface area contributed by atoms with Crippen LogP contribution in [0.5, 0.6) is 0 Å². The van der Waals surface area contributed by atoms with Gasteiger partial charge in [0, 0.05) is 19.6 Å². The SMILES string of the molecule is C[C@@H]1C[C@H](C)CN(CC(=O)NC(=O)NCCC2=CCCCC2)C1. The van der Waals surface area contributed by atoms with Gasteiger partial charge in [-0.3, -0.25) is 15.0 Å². The third kappa shape index (κ3) is 6.73. The van der Waals surface area contributed by atoms with Crippen molar-refractivity contribution < 1.29 is 9.59 Å². The van der Waals surface area contributed by atoms with Crippen molar-refractivity contribution in [1.29, 1.82) is 0 Å². The summed E-state index contributed by atoms with van der Waals surface area (Å²) >= 11 is 0. The lowest BCUT2D eigenvalue weighted by molar-refractivity contribution is -0.121. The highest BCUT2D eigenvalue weighted by Crippen LogP contribution is 2.20. The molecule has 3 amide bonds. The fraction of sp³-hybridized carbons (Fsp3) is 0.778. The van der Waals surface area contributed by atoms with Gasteiger partial charge in [-0.05, 0) is 50.4 Å². The first-order valence-corrected chi connectivity index (χ1v) is 9.01. The number of amides is 3. The zero-order chi connectivity index (χ0) is 16.7. The number of hydrogen-bond acceptors (Lipinski definition) is 3. The molecule has 1 saturated heterocycles. The molecule has 1 aliphatic carbocycles. The van der Waals surface area contributed by atoms with Crippen LogP contribution in [0.15, 0.2) is 11.6 Å². The van der Waals surface area contributed by atoms with Crippen molar-refractivity contribution in [3.63, 3.8) is 0 Å². The Balaban J connectivity index is 1.62. The molecule has 2 atom stereocenters. The summed E-state index contributed by atoms with van der Waals surface area (Å²) in [4.78, 5) is 25.9. The molecule has 0 radical (unpaired) electrons. The van der Waals surface area contributed by atoms with E-state index in [1.54, 1.807) is 0 Å². The molecule has 1 aliphatic heterocycles. The van der Waals surface area contributed by atoms with Crippen molar-refractivity contribution in [3.8, 4) is 0 Å². The summed E-state index contributed by atoms with van der Waals surface area (Å²) < 4.78 is 0. The molecule has 2 N–H and O–H groups in total. The largest absolute Gasteiger partial charge is 0.337 e. The van der Waals surface area contributed by atoms with Gasteiger partial charge in [0.05, 0.1) is 6.54 Å². The quantitative estimate of drug-likeness (QED) is 0.765. The van der Waals surface area contributed by atoms with E-state index in [1.807, 2.05) is 0 Å². The molecule has 5 nitrogen and oxygen atoms in total. The molecule has 1 fully saturated rings. The number of urea groups is 1. The summed E-state index contributed by atoms with van der Waals surface area (Å²) in [6, 6.07) is -0.371. The molecule has 0 bridgehead atoms. The molecule has 23 heavy (non-hydrogen) atoms. The minimum atomic E-state index is -0.371. The number of imide groups is 1. The third-order valence-corrected chi connectivity index (χ3v) is 4.68. The van der Waals surface area contributed by atoms with Gasteiger partial charge in [0.2, 0.25) is 5.91 Å². The smallest absolute Gasteiger partial charge is 0.321 e. The first-order chi connectivity index (χ1) is 11.0. The zero-order valence-corrected chi connectivity index (χ0v) is 14.6. The highest BCUT2D eigenvalue weighted by molar-refractivity contribution is 5.95. The van der Waals surface area contributed by atoms with Crippen LogP contribution in [0.25, 0.3) is 0 Å². The van der Waals surface area contributed by atoms with Crippen LogP contribution < -0.4 is 10.6 Å². The summed E-state index contributed by atoms with van der Waals surface area (Å²) in [6.45, 7) is 7.22. The summed E-state index contributed by atoms with van der Waals surface area (Å²) in [7, 11) is 0. The van der Waals surface area contributed by atoms with Crippen LogP contribution in [0.1, 0.15) is 52.4 Å². The summed E-state index contributed by atoms with van der Waals surface area (Å²) in [5.74, 6) is 1.02. The Kier molecular flexibility index (Phi) is 7.09. The Hall–Kier alpha value is -1.36. The Morgan fingerprint density at radius 1 is 1.22 bits per heavy atom. The highest BCUT2D eigenvalue weighted by atomic mass is 16.2. The predicted molar refractivity (Wildman–Crippen MR) is 92.1 cm³/mol. The second-order valence-electron chi connectivity index (χ2n) is 7.30. The van der Waals surface area contributed by atoms with Crippen LogP contribution in [-0.4, -0.2) is 43.0 Å². The van der Waals surface area contributed by atoms with Gasteiger partial charge < -0.3 is 5.32 Å². The van der Waals surface area contributed by atoms with Crippen LogP contribution in [0.3, 0.4) is 0 Å². The molecule has 2 aliphatic rings. The molecular weight excluding hydrogens is 290 g/mol. The van der Waals surface area contributed by atoms with Gasteiger partial charge in [0.15, 0.2) is 0 Å². The molecule has 0 aromatic carbocycles. The van der Waals surface area contributed by atoms with E-state index in [0.717, 1.165) is 32.4 Å². The van der Waals surface area contributed by atoms with Crippen LogP contribution in [0, 0.1) is 11.8 Å². The Morgan fingerprint density at radius 2 is 1.96 bits per heavy atom. The van der Waals surface area contributed by atoms with Crippen LogP contribution in [0.2, 0.25) is 0 Å². The summed E-state index contributed by atoms with van der Waals surface area (Å²) in [6.07, 6.45) is 9.23.